The first-order valence-corrected chi connectivity index (χ1v) is 8.80. The predicted octanol–water partition coefficient (Wildman–Crippen LogP) is 5.25. The average molecular weight is 416 g/mol. The third-order valence-electron chi connectivity index (χ3n) is 4.04. The molecule has 0 aliphatic rings. The van der Waals surface area contributed by atoms with Crippen molar-refractivity contribution in [1.29, 1.82) is 0 Å². The van der Waals surface area contributed by atoms with E-state index in [9.17, 15) is 9.90 Å². The molecular weight excluding hydrogens is 398 g/mol. The van der Waals surface area contributed by atoms with Gasteiger partial charge in [0.25, 0.3) is 0 Å². The summed E-state index contributed by atoms with van der Waals surface area (Å²) in [6, 6.07) is 9.47. The topological polar surface area (TPSA) is 87.0 Å². The van der Waals surface area contributed by atoms with Crippen LogP contribution in [0.25, 0.3) is 10.9 Å². The molecule has 0 unspecified atom stereocenters. The predicted molar refractivity (Wildman–Crippen MR) is 103 cm³/mol. The summed E-state index contributed by atoms with van der Waals surface area (Å²) < 4.78 is 6.48. The normalized spacial score (nSPS) is 11.4. The molecule has 7 heteroatoms. The van der Waals surface area contributed by atoms with Gasteiger partial charge in [-0.25, -0.2) is 0 Å². The van der Waals surface area contributed by atoms with Gasteiger partial charge in [-0.15, -0.1) is 10.2 Å². The molecule has 0 bridgehead atoms. The summed E-state index contributed by atoms with van der Waals surface area (Å²) in [5.74, 6) is 0.00594. The molecule has 0 saturated carbocycles. The van der Waals surface area contributed by atoms with E-state index >= 15 is 0 Å². The largest absolute Gasteiger partial charge is 0.493 e. The Kier molecular flexibility index (Phi) is 5.08. The molecule has 2 aromatic carbocycles. The van der Waals surface area contributed by atoms with Crippen LogP contribution in [0.15, 0.2) is 45.0 Å². The maximum atomic E-state index is 12.0. The molecular formula is C19H18BrN3O3. The Hall–Kier alpha value is -2.67. The van der Waals surface area contributed by atoms with Crippen molar-refractivity contribution in [2.24, 2.45) is 10.2 Å². The third-order valence-corrected chi connectivity index (χ3v) is 4.90. The highest BCUT2D eigenvalue weighted by molar-refractivity contribution is 9.10. The summed E-state index contributed by atoms with van der Waals surface area (Å²) in [5, 5.41) is 18.3. The minimum Gasteiger partial charge on any atom is -0.493 e. The van der Waals surface area contributed by atoms with Crippen LogP contribution in [-0.2, 0) is 4.79 Å². The fourth-order valence-corrected chi connectivity index (χ4v) is 3.04. The molecule has 0 aliphatic carbocycles. The highest BCUT2D eigenvalue weighted by atomic mass is 79.9. The van der Waals surface area contributed by atoms with E-state index < -0.39 is 5.91 Å². The minimum absolute atomic E-state index is 0.135. The van der Waals surface area contributed by atoms with E-state index in [4.69, 9.17) is 4.74 Å². The van der Waals surface area contributed by atoms with Crippen molar-refractivity contribution in [3.8, 4) is 11.6 Å². The van der Waals surface area contributed by atoms with Gasteiger partial charge in [0, 0.05) is 9.86 Å². The number of para-hydroxylation sites is 1. The van der Waals surface area contributed by atoms with E-state index in [1.54, 1.807) is 0 Å². The number of aromatic amines is 1. The number of nitrogens with one attached hydrogen (secondary N) is 1. The van der Waals surface area contributed by atoms with Gasteiger partial charge in [0.1, 0.15) is 5.75 Å². The molecule has 0 radical (unpaired) electrons. The van der Waals surface area contributed by atoms with E-state index in [0.29, 0.717) is 16.7 Å². The van der Waals surface area contributed by atoms with Crippen LogP contribution in [0.4, 0.5) is 5.69 Å². The van der Waals surface area contributed by atoms with E-state index in [-0.39, 0.29) is 18.2 Å². The lowest BCUT2D eigenvalue weighted by Gasteiger charge is -2.09. The number of aromatic hydroxyl groups is 1. The number of benzene rings is 2. The van der Waals surface area contributed by atoms with Gasteiger partial charge in [-0.1, -0.05) is 34.1 Å². The van der Waals surface area contributed by atoms with Crippen molar-refractivity contribution in [3.05, 3.63) is 51.5 Å². The molecule has 0 fully saturated rings. The van der Waals surface area contributed by atoms with Crippen LogP contribution in [0.2, 0.25) is 0 Å². The average Bonchev–Trinajstić information content (AvgIpc) is 2.87. The number of hydrogen-bond acceptors (Lipinski definition) is 4. The van der Waals surface area contributed by atoms with E-state index in [1.807, 2.05) is 51.1 Å². The van der Waals surface area contributed by atoms with Crippen molar-refractivity contribution < 1.29 is 14.6 Å². The van der Waals surface area contributed by atoms with Gasteiger partial charge < -0.3 is 14.8 Å². The van der Waals surface area contributed by atoms with Crippen molar-refractivity contribution >= 4 is 38.4 Å². The van der Waals surface area contributed by atoms with Crippen LogP contribution in [0.3, 0.4) is 0 Å². The van der Waals surface area contributed by atoms with Crippen LogP contribution in [0.5, 0.6) is 11.6 Å². The second-order valence-electron chi connectivity index (χ2n) is 6.07. The number of azo groups is 1. The zero-order chi connectivity index (χ0) is 18.8. The van der Waals surface area contributed by atoms with Gasteiger partial charge in [-0.3, -0.25) is 4.79 Å². The number of fused-ring (bicyclic) bond motifs is 1. The fourth-order valence-electron chi connectivity index (χ4n) is 2.69. The number of aryl methyl sites for hydroxylation is 3. The standard InChI is InChI=1S/C19H18BrN3O3/c1-10-5-4-6-11(2)18(10)26-9-16(24)22-23-17-13-7-12(3)14(20)8-15(13)21-19(17)25/h4-8,21,25H,9H2,1-3H3. The Morgan fingerprint density at radius 3 is 2.58 bits per heavy atom. The first kappa shape index (κ1) is 18.1. The monoisotopic (exact) mass is 415 g/mol. The molecule has 134 valence electrons. The van der Waals surface area contributed by atoms with Gasteiger partial charge in [0.15, 0.2) is 12.3 Å². The molecule has 26 heavy (non-hydrogen) atoms. The number of ether oxygens (including phenoxy) is 1. The van der Waals surface area contributed by atoms with Crippen molar-refractivity contribution in [2.75, 3.05) is 6.61 Å². The number of nitrogens with zero attached hydrogens (tertiary/aromatic N) is 2. The fraction of sp³-hybridized carbons (Fsp3) is 0.211. The quantitative estimate of drug-likeness (QED) is 0.570. The van der Waals surface area contributed by atoms with Crippen LogP contribution in [-0.4, -0.2) is 22.6 Å². The summed E-state index contributed by atoms with van der Waals surface area (Å²) in [7, 11) is 0. The Morgan fingerprint density at radius 2 is 1.88 bits per heavy atom. The van der Waals surface area contributed by atoms with Crippen molar-refractivity contribution in [1.82, 2.24) is 4.98 Å². The number of H-pyrrole nitrogens is 1. The smallest absolute Gasteiger partial charge is 0.302 e. The molecule has 0 spiro atoms. The Labute approximate surface area is 159 Å². The summed E-state index contributed by atoms with van der Waals surface area (Å²) in [6.45, 7) is 5.54. The zero-order valence-electron chi connectivity index (χ0n) is 14.6. The lowest BCUT2D eigenvalue weighted by atomic mass is 10.1. The molecule has 1 amide bonds. The maximum Gasteiger partial charge on any atom is 0.302 e. The first-order valence-electron chi connectivity index (χ1n) is 8.01. The van der Waals surface area contributed by atoms with Gasteiger partial charge in [-0.05, 0) is 49.6 Å². The van der Waals surface area contributed by atoms with Gasteiger partial charge >= 0.3 is 5.91 Å². The van der Waals surface area contributed by atoms with E-state index in [2.05, 4.69) is 31.1 Å². The van der Waals surface area contributed by atoms with Crippen LogP contribution < -0.4 is 4.74 Å². The second-order valence-corrected chi connectivity index (χ2v) is 6.93. The molecule has 3 aromatic rings. The molecule has 0 atom stereocenters. The third kappa shape index (κ3) is 3.62. The van der Waals surface area contributed by atoms with E-state index in [1.165, 1.54) is 0 Å². The van der Waals surface area contributed by atoms with Crippen LogP contribution >= 0.6 is 15.9 Å². The number of rotatable bonds is 4. The molecule has 6 nitrogen and oxygen atoms in total. The first-order chi connectivity index (χ1) is 12.4. The zero-order valence-corrected chi connectivity index (χ0v) is 16.2. The lowest BCUT2D eigenvalue weighted by Crippen LogP contribution is -2.09. The minimum atomic E-state index is -0.532. The molecule has 1 heterocycles. The van der Waals surface area contributed by atoms with Gasteiger partial charge in [0.05, 0.1) is 5.52 Å². The summed E-state index contributed by atoms with van der Waals surface area (Å²) in [5.41, 5.74) is 3.82. The highest BCUT2D eigenvalue weighted by Gasteiger charge is 2.13. The summed E-state index contributed by atoms with van der Waals surface area (Å²) in [4.78, 5) is 14.8. The number of amides is 1. The maximum absolute atomic E-state index is 12.0. The van der Waals surface area contributed by atoms with Gasteiger partial charge in [-0.2, -0.15) is 0 Å². The molecule has 2 N–H and O–H groups in total. The van der Waals surface area contributed by atoms with Crippen LogP contribution in [0.1, 0.15) is 16.7 Å². The Bertz CT molecular complexity index is 1000. The number of carbonyl (C=O) groups excluding carboxylic acids is 1. The molecule has 0 aliphatic heterocycles. The SMILES string of the molecule is Cc1cc2c(N=NC(=O)COc3c(C)cccc3C)c(O)[nH]c2cc1Br. The highest BCUT2D eigenvalue weighted by Crippen LogP contribution is 2.37. The Morgan fingerprint density at radius 1 is 1.19 bits per heavy atom. The number of hydrogen-bond donors (Lipinski definition) is 2. The molecule has 1 aromatic heterocycles. The van der Waals surface area contributed by atoms with Crippen LogP contribution in [0, 0.1) is 20.8 Å². The number of halogens is 1. The van der Waals surface area contributed by atoms with Crippen molar-refractivity contribution in [3.63, 3.8) is 0 Å². The number of carbonyl (C=O) groups is 1. The van der Waals surface area contributed by atoms with Gasteiger partial charge in [0.2, 0.25) is 5.88 Å². The summed E-state index contributed by atoms with van der Waals surface area (Å²) in [6.07, 6.45) is 0. The van der Waals surface area contributed by atoms with E-state index in [0.717, 1.165) is 21.2 Å². The molecule has 3 rings (SSSR count). The summed E-state index contributed by atoms with van der Waals surface area (Å²) >= 11 is 3.44. The lowest BCUT2D eigenvalue weighted by molar-refractivity contribution is -0.120. The number of aromatic nitrogens is 1. The molecule has 0 saturated heterocycles. The van der Waals surface area contributed by atoms with Crippen molar-refractivity contribution in [2.45, 2.75) is 20.8 Å². The Balaban J connectivity index is 1.77. The second kappa shape index (κ2) is 7.29.